The Kier molecular flexibility index (Phi) is 3.34. The maximum Gasteiger partial charge on any atom is 0.136 e. The number of aromatic hydroxyl groups is 1. The fraction of sp³-hybridized carbons (Fsp3) is 0.588. The molecule has 0 bridgehead atoms. The van der Waals surface area contributed by atoms with Crippen molar-refractivity contribution in [3.05, 3.63) is 29.8 Å². The molecule has 1 aromatic rings. The first kappa shape index (κ1) is 12.7. The first-order chi connectivity index (χ1) is 9.16. The number of ketones is 1. The molecule has 0 aromatic heterocycles. The minimum absolute atomic E-state index is 0.331. The van der Waals surface area contributed by atoms with E-state index in [1.807, 2.05) is 12.1 Å². The van der Waals surface area contributed by atoms with Crippen LogP contribution in [0.4, 0.5) is 0 Å². The molecular formula is C17H22O2. The van der Waals surface area contributed by atoms with Crippen molar-refractivity contribution < 1.29 is 9.90 Å². The van der Waals surface area contributed by atoms with Crippen LogP contribution < -0.4 is 0 Å². The van der Waals surface area contributed by atoms with E-state index in [2.05, 4.69) is 6.92 Å². The van der Waals surface area contributed by atoms with Gasteiger partial charge in [0.2, 0.25) is 0 Å². The molecule has 102 valence electrons. The molecule has 0 spiro atoms. The number of carbonyl (C=O) groups is 1. The van der Waals surface area contributed by atoms with E-state index >= 15 is 0 Å². The fourth-order valence-corrected chi connectivity index (χ4v) is 4.25. The van der Waals surface area contributed by atoms with Crippen LogP contribution in [0.3, 0.4) is 0 Å². The normalized spacial score (nSPS) is 34.9. The highest BCUT2D eigenvalue weighted by molar-refractivity contribution is 5.82. The number of phenols is 1. The van der Waals surface area contributed by atoms with Gasteiger partial charge in [0, 0.05) is 12.3 Å². The number of benzene rings is 1. The van der Waals surface area contributed by atoms with Gasteiger partial charge in [-0.05, 0) is 61.1 Å². The van der Waals surface area contributed by atoms with Crippen LogP contribution in [-0.2, 0) is 4.79 Å². The Bertz CT molecular complexity index is 463. The van der Waals surface area contributed by atoms with Gasteiger partial charge in [-0.25, -0.2) is 0 Å². The highest BCUT2D eigenvalue weighted by Crippen LogP contribution is 2.48. The van der Waals surface area contributed by atoms with Gasteiger partial charge in [-0.1, -0.05) is 19.1 Å². The van der Waals surface area contributed by atoms with Crippen LogP contribution in [-0.4, -0.2) is 10.9 Å². The van der Waals surface area contributed by atoms with Crippen LogP contribution >= 0.6 is 0 Å². The maximum atomic E-state index is 12.0. The van der Waals surface area contributed by atoms with Gasteiger partial charge in [0.1, 0.15) is 11.5 Å². The standard InChI is InChI=1S/C17H22O2/c1-11-14(12-5-7-13(18)8-6-12)9-10-16-15(11)3-2-4-17(16)19/h5-8,11,14-16,18H,2-4,9-10H2,1H3. The Morgan fingerprint density at radius 3 is 2.47 bits per heavy atom. The van der Waals surface area contributed by atoms with E-state index in [0.29, 0.717) is 35.2 Å². The predicted octanol–water partition coefficient (Wildman–Crippen LogP) is 3.89. The van der Waals surface area contributed by atoms with Crippen LogP contribution in [0.25, 0.3) is 0 Å². The van der Waals surface area contributed by atoms with Crippen molar-refractivity contribution >= 4 is 5.78 Å². The lowest BCUT2D eigenvalue weighted by Crippen LogP contribution is -2.38. The molecule has 2 nitrogen and oxygen atoms in total. The van der Waals surface area contributed by atoms with E-state index in [0.717, 1.165) is 25.7 Å². The Hall–Kier alpha value is -1.31. The van der Waals surface area contributed by atoms with Crippen LogP contribution in [0.15, 0.2) is 24.3 Å². The quantitative estimate of drug-likeness (QED) is 0.829. The van der Waals surface area contributed by atoms with E-state index in [-0.39, 0.29) is 0 Å². The zero-order valence-electron chi connectivity index (χ0n) is 11.5. The average molecular weight is 258 g/mol. The van der Waals surface area contributed by atoms with Crippen molar-refractivity contribution in [2.24, 2.45) is 17.8 Å². The topological polar surface area (TPSA) is 37.3 Å². The smallest absolute Gasteiger partial charge is 0.136 e. The second kappa shape index (κ2) is 4.99. The summed E-state index contributed by atoms with van der Waals surface area (Å²) in [5, 5.41) is 9.40. The monoisotopic (exact) mass is 258 g/mol. The number of hydrogen-bond donors (Lipinski definition) is 1. The number of Topliss-reactive ketones (excluding diaryl/α,β-unsaturated/α-hetero) is 1. The summed E-state index contributed by atoms with van der Waals surface area (Å²) in [6.45, 7) is 2.31. The first-order valence-corrected chi connectivity index (χ1v) is 7.48. The lowest BCUT2D eigenvalue weighted by molar-refractivity contribution is -0.129. The summed E-state index contributed by atoms with van der Waals surface area (Å²) in [5.41, 5.74) is 1.32. The van der Waals surface area contributed by atoms with Gasteiger partial charge in [0.25, 0.3) is 0 Å². The molecule has 0 heterocycles. The third-order valence-electron chi connectivity index (χ3n) is 5.31. The molecule has 2 aliphatic rings. The van der Waals surface area contributed by atoms with Gasteiger partial charge in [0.15, 0.2) is 0 Å². The van der Waals surface area contributed by atoms with Crippen LogP contribution in [0.5, 0.6) is 5.75 Å². The number of hydrogen-bond acceptors (Lipinski definition) is 2. The molecular weight excluding hydrogens is 236 g/mol. The molecule has 2 fully saturated rings. The molecule has 0 aliphatic heterocycles. The zero-order valence-corrected chi connectivity index (χ0v) is 11.5. The molecule has 3 rings (SSSR count). The molecule has 1 aromatic carbocycles. The lowest BCUT2D eigenvalue weighted by Gasteiger charge is -2.43. The summed E-state index contributed by atoms with van der Waals surface area (Å²) >= 11 is 0. The van der Waals surface area contributed by atoms with Gasteiger partial charge in [-0.2, -0.15) is 0 Å². The molecule has 0 saturated heterocycles. The van der Waals surface area contributed by atoms with E-state index in [1.165, 1.54) is 12.0 Å². The molecule has 0 radical (unpaired) electrons. The second-order valence-electron chi connectivity index (χ2n) is 6.26. The predicted molar refractivity (Wildman–Crippen MR) is 75.1 cm³/mol. The van der Waals surface area contributed by atoms with Crippen molar-refractivity contribution in [1.29, 1.82) is 0 Å². The molecule has 0 amide bonds. The fourth-order valence-electron chi connectivity index (χ4n) is 4.25. The number of rotatable bonds is 1. The summed E-state index contributed by atoms with van der Waals surface area (Å²) in [6, 6.07) is 7.64. The summed E-state index contributed by atoms with van der Waals surface area (Å²) < 4.78 is 0. The van der Waals surface area contributed by atoms with Crippen molar-refractivity contribution in [3.8, 4) is 5.75 Å². The van der Waals surface area contributed by atoms with Gasteiger partial charge in [-0.15, -0.1) is 0 Å². The zero-order chi connectivity index (χ0) is 13.4. The van der Waals surface area contributed by atoms with Crippen LogP contribution in [0.2, 0.25) is 0 Å². The molecule has 2 heteroatoms. The largest absolute Gasteiger partial charge is 0.508 e. The Morgan fingerprint density at radius 2 is 1.74 bits per heavy atom. The lowest BCUT2D eigenvalue weighted by atomic mass is 9.60. The minimum atomic E-state index is 0.331. The summed E-state index contributed by atoms with van der Waals surface area (Å²) in [4.78, 5) is 12.0. The van der Waals surface area contributed by atoms with Crippen LogP contribution in [0.1, 0.15) is 50.5 Å². The number of fused-ring (bicyclic) bond motifs is 1. The van der Waals surface area contributed by atoms with Crippen molar-refractivity contribution in [2.45, 2.75) is 44.9 Å². The molecule has 19 heavy (non-hydrogen) atoms. The highest BCUT2D eigenvalue weighted by atomic mass is 16.3. The van der Waals surface area contributed by atoms with Crippen molar-refractivity contribution in [1.82, 2.24) is 0 Å². The summed E-state index contributed by atoms with van der Waals surface area (Å²) in [5.74, 6) is 2.87. The molecule has 4 unspecified atom stereocenters. The summed E-state index contributed by atoms with van der Waals surface area (Å²) in [6.07, 6.45) is 5.26. The van der Waals surface area contributed by atoms with Gasteiger partial charge >= 0.3 is 0 Å². The molecule has 2 aliphatic carbocycles. The maximum absolute atomic E-state index is 12.0. The Balaban J connectivity index is 1.82. The number of phenolic OH excluding ortho intramolecular Hbond substituents is 1. The van der Waals surface area contributed by atoms with E-state index in [1.54, 1.807) is 12.1 Å². The minimum Gasteiger partial charge on any atom is -0.508 e. The molecule has 4 atom stereocenters. The van der Waals surface area contributed by atoms with Gasteiger partial charge in [0.05, 0.1) is 0 Å². The summed E-state index contributed by atoms with van der Waals surface area (Å²) in [7, 11) is 0. The highest BCUT2D eigenvalue weighted by Gasteiger charge is 2.41. The van der Waals surface area contributed by atoms with Gasteiger partial charge < -0.3 is 5.11 Å². The Labute approximate surface area is 114 Å². The van der Waals surface area contributed by atoms with Crippen LogP contribution in [0, 0.1) is 17.8 Å². The third-order valence-corrected chi connectivity index (χ3v) is 5.31. The first-order valence-electron chi connectivity index (χ1n) is 7.48. The second-order valence-corrected chi connectivity index (χ2v) is 6.26. The van der Waals surface area contributed by atoms with Gasteiger partial charge in [-0.3, -0.25) is 4.79 Å². The average Bonchev–Trinajstić information content (AvgIpc) is 2.42. The molecule has 1 N–H and O–H groups in total. The SMILES string of the molecule is CC1C(c2ccc(O)cc2)CCC2C(=O)CCCC21. The third kappa shape index (κ3) is 2.29. The molecule has 2 saturated carbocycles. The van der Waals surface area contributed by atoms with Crippen molar-refractivity contribution in [2.75, 3.05) is 0 Å². The Morgan fingerprint density at radius 1 is 1.05 bits per heavy atom. The number of carbonyl (C=O) groups excluding carboxylic acids is 1. The van der Waals surface area contributed by atoms with E-state index in [4.69, 9.17) is 0 Å². The van der Waals surface area contributed by atoms with E-state index in [9.17, 15) is 9.90 Å². The van der Waals surface area contributed by atoms with Crippen molar-refractivity contribution in [3.63, 3.8) is 0 Å². The van der Waals surface area contributed by atoms with E-state index < -0.39 is 0 Å².